The number of hydrogen-bond donors (Lipinski definition) is 0. The third kappa shape index (κ3) is 4.88. The van der Waals surface area contributed by atoms with Crippen molar-refractivity contribution in [2.24, 2.45) is 0 Å². The number of fused-ring (bicyclic) bond motifs is 9. The molecule has 2 nitrogen and oxygen atoms in total. The van der Waals surface area contributed by atoms with E-state index in [9.17, 15) is 0 Å². The van der Waals surface area contributed by atoms with Gasteiger partial charge in [-0.2, -0.15) is 0 Å². The van der Waals surface area contributed by atoms with Gasteiger partial charge in [-0.15, -0.1) is 0 Å². The van der Waals surface area contributed by atoms with E-state index in [1.807, 2.05) is 12.1 Å². The minimum Gasteiger partial charge on any atom is -0.456 e. The van der Waals surface area contributed by atoms with Gasteiger partial charge in [0.2, 0.25) is 0 Å². The van der Waals surface area contributed by atoms with Crippen LogP contribution in [0.1, 0.15) is 0 Å². The maximum Gasteiger partial charge on any atom is 0.137 e. The van der Waals surface area contributed by atoms with Crippen molar-refractivity contribution in [3.8, 4) is 22.3 Å². The molecule has 0 unspecified atom stereocenters. The summed E-state index contributed by atoms with van der Waals surface area (Å²) in [6.45, 7) is 0. The summed E-state index contributed by atoms with van der Waals surface area (Å²) < 4.78 is 6.43. The third-order valence-electron chi connectivity index (χ3n) is 11.0. The molecule has 0 atom stereocenters. The van der Waals surface area contributed by atoms with Crippen LogP contribution in [0.15, 0.2) is 205 Å². The molecule has 0 radical (unpaired) electrons. The van der Waals surface area contributed by atoms with E-state index in [0.717, 1.165) is 44.6 Å². The van der Waals surface area contributed by atoms with Crippen LogP contribution < -0.4 is 4.90 Å². The Morgan fingerprint density at radius 1 is 0.315 bits per heavy atom. The molecule has 0 saturated carbocycles. The molecule has 1 heterocycles. The van der Waals surface area contributed by atoms with Gasteiger partial charge in [0.25, 0.3) is 0 Å². The summed E-state index contributed by atoms with van der Waals surface area (Å²) in [6.07, 6.45) is 0. The molecule has 2 heteroatoms. The van der Waals surface area contributed by atoms with Gasteiger partial charge in [-0.05, 0) is 102 Å². The second-order valence-corrected chi connectivity index (χ2v) is 14.1. The number of furan rings is 1. The Morgan fingerprint density at radius 2 is 0.889 bits per heavy atom. The third-order valence-corrected chi connectivity index (χ3v) is 11.0. The molecular weight excluding hydrogens is 655 g/mol. The molecule has 0 aliphatic rings. The SMILES string of the molecule is c1ccc(N(c2ccc(-c3ccc4ccc5ccc6ccccc6c5c4c3)cc2)c2ccc3c(c2)oc2ccccc23)c(-c2cccc3ccccc23)c1. The first kappa shape index (κ1) is 30.5. The van der Waals surface area contributed by atoms with Crippen molar-refractivity contribution >= 4 is 82.1 Å². The Hall–Kier alpha value is -7.16. The van der Waals surface area contributed by atoms with Gasteiger partial charge in [0.1, 0.15) is 11.2 Å². The first-order chi connectivity index (χ1) is 26.8. The summed E-state index contributed by atoms with van der Waals surface area (Å²) in [5.41, 5.74) is 9.70. The first-order valence-corrected chi connectivity index (χ1v) is 18.5. The van der Waals surface area contributed by atoms with Gasteiger partial charge >= 0.3 is 0 Å². The van der Waals surface area contributed by atoms with Gasteiger partial charge in [-0.3, -0.25) is 0 Å². The second kappa shape index (κ2) is 12.2. The maximum atomic E-state index is 6.43. The molecule has 0 saturated heterocycles. The van der Waals surface area contributed by atoms with Gasteiger partial charge in [-0.25, -0.2) is 0 Å². The van der Waals surface area contributed by atoms with Crippen LogP contribution in [0.3, 0.4) is 0 Å². The molecule has 0 fully saturated rings. The molecule has 0 N–H and O–H groups in total. The van der Waals surface area contributed by atoms with E-state index >= 15 is 0 Å². The van der Waals surface area contributed by atoms with Gasteiger partial charge in [0, 0.05) is 33.8 Å². The van der Waals surface area contributed by atoms with Gasteiger partial charge in [0.05, 0.1) is 5.69 Å². The average molecular weight is 688 g/mol. The highest BCUT2D eigenvalue weighted by Gasteiger charge is 2.20. The minimum absolute atomic E-state index is 0.869. The molecule has 10 aromatic carbocycles. The molecule has 252 valence electrons. The zero-order valence-electron chi connectivity index (χ0n) is 29.4. The minimum atomic E-state index is 0.869. The van der Waals surface area contributed by atoms with E-state index in [1.54, 1.807) is 0 Å². The Balaban J connectivity index is 1.08. The van der Waals surface area contributed by atoms with Crippen LogP contribution in [-0.2, 0) is 0 Å². The predicted molar refractivity (Wildman–Crippen MR) is 229 cm³/mol. The zero-order valence-corrected chi connectivity index (χ0v) is 29.4. The predicted octanol–water partition coefficient (Wildman–Crippen LogP) is 15.0. The van der Waals surface area contributed by atoms with Gasteiger partial charge in [0.15, 0.2) is 0 Å². The van der Waals surface area contributed by atoms with Crippen LogP contribution in [0.5, 0.6) is 0 Å². The lowest BCUT2D eigenvalue weighted by Crippen LogP contribution is -2.11. The highest BCUT2D eigenvalue weighted by atomic mass is 16.3. The molecule has 0 aliphatic heterocycles. The summed E-state index contributed by atoms with van der Waals surface area (Å²) in [5, 5.41) is 12.3. The van der Waals surface area contributed by atoms with E-state index in [4.69, 9.17) is 4.42 Å². The molecule has 0 bridgehead atoms. The molecule has 0 spiro atoms. The summed E-state index contributed by atoms with van der Waals surface area (Å²) in [5.74, 6) is 0. The second-order valence-electron chi connectivity index (χ2n) is 14.1. The monoisotopic (exact) mass is 687 g/mol. The molecule has 0 aliphatic carbocycles. The smallest absolute Gasteiger partial charge is 0.137 e. The number of para-hydroxylation sites is 2. The number of hydrogen-bond acceptors (Lipinski definition) is 2. The fraction of sp³-hybridized carbons (Fsp3) is 0. The average Bonchev–Trinajstić information content (AvgIpc) is 3.61. The number of rotatable bonds is 5. The van der Waals surface area contributed by atoms with Crippen molar-refractivity contribution in [2.75, 3.05) is 4.90 Å². The summed E-state index contributed by atoms with van der Waals surface area (Å²) in [4.78, 5) is 2.37. The number of anilines is 3. The van der Waals surface area contributed by atoms with Crippen LogP contribution >= 0.6 is 0 Å². The molecular formula is C52H33NO. The Labute approximate surface area is 312 Å². The fourth-order valence-electron chi connectivity index (χ4n) is 8.45. The molecule has 1 aromatic heterocycles. The number of benzene rings is 10. The lowest BCUT2D eigenvalue weighted by atomic mass is 9.94. The molecule has 11 aromatic rings. The lowest BCUT2D eigenvalue weighted by molar-refractivity contribution is 0.669. The number of nitrogens with zero attached hydrogens (tertiary/aromatic N) is 1. The highest BCUT2D eigenvalue weighted by Crippen LogP contribution is 2.44. The molecule has 0 amide bonds. The summed E-state index contributed by atoms with van der Waals surface area (Å²) >= 11 is 0. The quantitative estimate of drug-likeness (QED) is 0.168. The summed E-state index contributed by atoms with van der Waals surface area (Å²) in [7, 11) is 0. The van der Waals surface area contributed by atoms with Crippen LogP contribution in [0, 0.1) is 0 Å². The van der Waals surface area contributed by atoms with Gasteiger partial charge < -0.3 is 9.32 Å². The highest BCUT2D eigenvalue weighted by molar-refractivity contribution is 6.20. The van der Waals surface area contributed by atoms with Crippen molar-refractivity contribution < 1.29 is 4.42 Å². The standard InChI is InChI=1S/C52H33NO/c1-3-13-42-35(10-1)12-9-17-44(42)45-15-5-7-18-49(45)53(41-30-31-47-46-16-6-8-19-50(46)54-51(47)33-41)40-28-26-34(27-29-40)39-25-22-37-21-24-38-23-20-36-11-2-4-14-43(36)52(38)48(37)32-39/h1-33H. The fourth-order valence-corrected chi connectivity index (χ4v) is 8.45. The summed E-state index contributed by atoms with van der Waals surface area (Å²) in [6, 6.07) is 72.3. The first-order valence-electron chi connectivity index (χ1n) is 18.5. The Morgan fingerprint density at radius 3 is 1.74 bits per heavy atom. The van der Waals surface area contributed by atoms with Crippen molar-refractivity contribution in [3.05, 3.63) is 200 Å². The van der Waals surface area contributed by atoms with E-state index in [0.29, 0.717) is 0 Å². The molecule has 54 heavy (non-hydrogen) atoms. The largest absolute Gasteiger partial charge is 0.456 e. The van der Waals surface area contributed by atoms with Crippen molar-refractivity contribution in [2.45, 2.75) is 0 Å². The van der Waals surface area contributed by atoms with E-state index in [-0.39, 0.29) is 0 Å². The van der Waals surface area contributed by atoms with Crippen molar-refractivity contribution in [3.63, 3.8) is 0 Å². The van der Waals surface area contributed by atoms with Crippen molar-refractivity contribution in [1.82, 2.24) is 0 Å². The lowest BCUT2D eigenvalue weighted by Gasteiger charge is -2.28. The molecule has 11 rings (SSSR count). The van der Waals surface area contributed by atoms with Crippen LogP contribution in [0.4, 0.5) is 17.1 Å². The van der Waals surface area contributed by atoms with E-state index < -0.39 is 0 Å². The normalized spacial score (nSPS) is 11.7. The zero-order chi connectivity index (χ0) is 35.6. The Kier molecular flexibility index (Phi) is 6.90. The topological polar surface area (TPSA) is 16.4 Å². The van der Waals surface area contributed by atoms with Crippen LogP contribution in [0.2, 0.25) is 0 Å². The van der Waals surface area contributed by atoms with Gasteiger partial charge in [-0.1, -0.05) is 152 Å². The van der Waals surface area contributed by atoms with E-state index in [1.165, 1.54) is 59.8 Å². The van der Waals surface area contributed by atoms with Crippen molar-refractivity contribution in [1.29, 1.82) is 0 Å². The maximum absolute atomic E-state index is 6.43. The Bertz CT molecular complexity index is 3220. The van der Waals surface area contributed by atoms with Crippen LogP contribution in [0.25, 0.3) is 87.3 Å². The van der Waals surface area contributed by atoms with Crippen LogP contribution in [-0.4, -0.2) is 0 Å². The van der Waals surface area contributed by atoms with E-state index in [2.05, 4.69) is 193 Å².